The summed E-state index contributed by atoms with van der Waals surface area (Å²) in [6, 6.07) is 17.9. The number of nitrogens with zero attached hydrogens (tertiary/aromatic N) is 2. The van der Waals surface area contributed by atoms with Crippen molar-refractivity contribution >= 4 is 27.8 Å². The number of phenols is 1. The number of benzene rings is 3. The summed E-state index contributed by atoms with van der Waals surface area (Å²) in [7, 11) is 0. The summed E-state index contributed by atoms with van der Waals surface area (Å²) in [4.78, 5) is 6.82. The molecule has 0 bridgehead atoms. The van der Waals surface area contributed by atoms with Crippen molar-refractivity contribution in [3.8, 4) is 28.5 Å². The highest BCUT2D eigenvalue weighted by Crippen LogP contribution is 2.43. The quantitative estimate of drug-likeness (QED) is 0.183. The highest BCUT2D eigenvalue weighted by molar-refractivity contribution is 5.93. The number of halogens is 3. The topological polar surface area (TPSA) is 62.6 Å². The van der Waals surface area contributed by atoms with Crippen molar-refractivity contribution in [1.29, 1.82) is 0 Å². The second-order valence-corrected chi connectivity index (χ2v) is 11.1. The van der Waals surface area contributed by atoms with Crippen molar-refractivity contribution in [1.82, 2.24) is 4.98 Å². The number of rotatable bonds is 10. The van der Waals surface area contributed by atoms with E-state index in [0.717, 1.165) is 58.2 Å². The van der Waals surface area contributed by atoms with Crippen LogP contribution in [-0.4, -0.2) is 29.4 Å². The second-order valence-electron chi connectivity index (χ2n) is 11.1. The SMILES string of the molecule is CCCCN(CCCC)c1ccc(-c2cc3ccc(-c4nc5cc(C(C)(C)C(F)(F)F)ccc5o4)c(O)c3o2)cc1. The zero-order valence-electron chi connectivity index (χ0n) is 23.8. The van der Waals surface area contributed by atoms with Crippen LogP contribution in [0.3, 0.4) is 0 Å². The Morgan fingerprint density at radius 3 is 2.17 bits per heavy atom. The first-order chi connectivity index (χ1) is 19.5. The van der Waals surface area contributed by atoms with E-state index >= 15 is 0 Å². The molecule has 2 heterocycles. The molecule has 216 valence electrons. The number of hydrogen-bond donors (Lipinski definition) is 1. The fraction of sp³-hybridized carbons (Fsp3) is 0.364. The summed E-state index contributed by atoms with van der Waals surface area (Å²) >= 11 is 0. The monoisotopic (exact) mass is 564 g/mol. The number of oxazole rings is 1. The molecule has 5 nitrogen and oxygen atoms in total. The van der Waals surface area contributed by atoms with Crippen LogP contribution in [0.1, 0.15) is 58.9 Å². The van der Waals surface area contributed by atoms with E-state index in [1.54, 1.807) is 12.1 Å². The van der Waals surface area contributed by atoms with Gasteiger partial charge in [-0.3, -0.25) is 0 Å². The van der Waals surface area contributed by atoms with Gasteiger partial charge in [0.2, 0.25) is 5.89 Å². The Labute approximate surface area is 237 Å². The van der Waals surface area contributed by atoms with Crippen LogP contribution in [0.4, 0.5) is 18.9 Å². The molecule has 0 saturated carbocycles. The summed E-state index contributed by atoms with van der Waals surface area (Å²) in [6.45, 7) is 8.70. The van der Waals surface area contributed by atoms with Crippen molar-refractivity contribution in [2.75, 3.05) is 18.0 Å². The number of unbranched alkanes of at least 4 members (excludes halogenated alkanes) is 2. The zero-order valence-corrected chi connectivity index (χ0v) is 23.8. The van der Waals surface area contributed by atoms with Gasteiger partial charge >= 0.3 is 6.18 Å². The van der Waals surface area contributed by atoms with E-state index in [1.165, 1.54) is 23.9 Å². The Hall–Kier alpha value is -3.94. The summed E-state index contributed by atoms with van der Waals surface area (Å²) in [5.41, 5.74) is 1.28. The van der Waals surface area contributed by atoms with Gasteiger partial charge in [-0.1, -0.05) is 38.8 Å². The molecule has 0 radical (unpaired) electrons. The van der Waals surface area contributed by atoms with Gasteiger partial charge in [-0.05, 0) is 80.8 Å². The van der Waals surface area contributed by atoms with Crippen LogP contribution in [0.25, 0.3) is 44.8 Å². The lowest BCUT2D eigenvalue weighted by molar-refractivity contribution is -0.180. The minimum Gasteiger partial charge on any atom is -0.504 e. The lowest BCUT2D eigenvalue weighted by atomic mass is 9.84. The summed E-state index contributed by atoms with van der Waals surface area (Å²) in [5, 5.41) is 11.8. The molecule has 41 heavy (non-hydrogen) atoms. The van der Waals surface area contributed by atoms with Gasteiger partial charge in [0, 0.05) is 29.7 Å². The van der Waals surface area contributed by atoms with Crippen LogP contribution in [0, 0.1) is 0 Å². The van der Waals surface area contributed by atoms with E-state index in [0.29, 0.717) is 22.3 Å². The third-order valence-electron chi connectivity index (χ3n) is 7.79. The first kappa shape index (κ1) is 28.6. The number of anilines is 1. The first-order valence-corrected chi connectivity index (χ1v) is 14.1. The van der Waals surface area contributed by atoms with Crippen molar-refractivity contribution in [3.05, 3.63) is 66.2 Å². The Bertz CT molecular complexity index is 1640. The standard InChI is InChI=1S/C33H35F3N2O3/c1-5-7-17-38(18-8-6-2)24-13-9-21(10-14-24)28-19-22-11-15-25(29(39)30(22)40-28)31-37-26-20-23(12-16-27(26)41-31)32(3,4)33(34,35)36/h9-16,19-20,39H,5-8,17-18H2,1-4H3. The van der Waals surface area contributed by atoms with Crippen molar-refractivity contribution in [2.45, 2.75) is 65.0 Å². The highest BCUT2D eigenvalue weighted by atomic mass is 19.4. The third-order valence-corrected chi connectivity index (χ3v) is 7.79. The fourth-order valence-electron chi connectivity index (χ4n) is 4.90. The van der Waals surface area contributed by atoms with Crippen molar-refractivity contribution < 1.29 is 27.1 Å². The fourth-order valence-corrected chi connectivity index (χ4v) is 4.90. The van der Waals surface area contributed by atoms with Gasteiger partial charge < -0.3 is 18.8 Å². The minimum atomic E-state index is -4.42. The number of fused-ring (bicyclic) bond motifs is 2. The number of alkyl halides is 3. The van der Waals surface area contributed by atoms with Crippen LogP contribution in [0.15, 0.2) is 69.5 Å². The van der Waals surface area contributed by atoms with Crippen molar-refractivity contribution in [3.63, 3.8) is 0 Å². The van der Waals surface area contributed by atoms with Crippen LogP contribution < -0.4 is 4.90 Å². The van der Waals surface area contributed by atoms with E-state index < -0.39 is 11.6 Å². The first-order valence-electron chi connectivity index (χ1n) is 14.1. The van der Waals surface area contributed by atoms with Crippen LogP contribution in [0.5, 0.6) is 5.75 Å². The van der Waals surface area contributed by atoms with Crippen LogP contribution >= 0.6 is 0 Å². The van der Waals surface area contributed by atoms with Crippen LogP contribution in [0.2, 0.25) is 0 Å². The molecule has 3 aromatic carbocycles. The Balaban J connectivity index is 1.44. The van der Waals surface area contributed by atoms with E-state index in [9.17, 15) is 18.3 Å². The molecule has 0 atom stereocenters. The predicted molar refractivity (Wildman–Crippen MR) is 157 cm³/mol. The van der Waals surface area contributed by atoms with E-state index in [2.05, 4.69) is 35.9 Å². The molecular formula is C33H35F3N2O3. The molecule has 0 aliphatic carbocycles. The van der Waals surface area contributed by atoms with Gasteiger partial charge in [0.1, 0.15) is 11.3 Å². The van der Waals surface area contributed by atoms with E-state index in [1.807, 2.05) is 18.2 Å². The summed E-state index contributed by atoms with van der Waals surface area (Å²) in [5.74, 6) is 0.574. The lowest BCUT2D eigenvalue weighted by Gasteiger charge is -2.28. The molecule has 8 heteroatoms. The third kappa shape index (κ3) is 5.52. The average molecular weight is 565 g/mol. The van der Waals surface area contributed by atoms with E-state index in [4.69, 9.17) is 8.83 Å². The lowest BCUT2D eigenvalue weighted by Crippen LogP contribution is -2.36. The van der Waals surface area contributed by atoms with Gasteiger partial charge in [0.25, 0.3) is 0 Å². The molecule has 0 spiro atoms. The predicted octanol–water partition coefficient (Wildman–Crippen LogP) is 9.86. The maximum atomic E-state index is 13.6. The summed E-state index contributed by atoms with van der Waals surface area (Å²) < 4.78 is 52.6. The number of aromatic nitrogens is 1. The molecule has 2 aromatic heterocycles. The zero-order chi connectivity index (χ0) is 29.4. The summed E-state index contributed by atoms with van der Waals surface area (Å²) in [6.07, 6.45) is 0.155. The molecule has 0 aliphatic heterocycles. The minimum absolute atomic E-state index is 0.0811. The van der Waals surface area contributed by atoms with Gasteiger partial charge in [-0.2, -0.15) is 13.2 Å². The molecule has 1 N–H and O–H groups in total. The number of furan rings is 1. The van der Waals surface area contributed by atoms with Crippen molar-refractivity contribution in [2.24, 2.45) is 0 Å². The molecule has 0 fully saturated rings. The molecule has 0 saturated heterocycles. The second kappa shape index (κ2) is 11.1. The Kier molecular flexibility index (Phi) is 7.77. The van der Waals surface area contributed by atoms with Gasteiger partial charge in [0.05, 0.1) is 11.0 Å². The average Bonchev–Trinajstić information content (AvgIpc) is 3.57. The smallest absolute Gasteiger partial charge is 0.397 e. The molecule has 5 aromatic rings. The number of hydrogen-bond acceptors (Lipinski definition) is 5. The van der Waals surface area contributed by atoms with Gasteiger partial charge in [-0.25, -0.2) is 4.98 Å². The maximum absolute atomic E-state index is 13.6. The van der Waals surface area contributed by atoms with Gasteiger partial charge in [-0.15, -0.1) is 0 Å². The highest BCUT2D eigenvalue weighted by Gasteiger charge is 2.48. The number of phenolic OH excluding ortho intramolecular Hbond substituents is 1. The Morgan fingerprint density at radius 1 is 0.854 bits per heavy atom. The molecular weight excluding hydrogens is 529 g/mol. The molecule has 0 amide bonds. The molecule has 5 rings (SSSR count). The molecule has 0 unspecified atom stereocenters. The van der Waals surface area contributed by atoms with E-state index in [-0.39, 0.29) is 28.3 Å². The Morgan fingerprint density at radius 2 is 1.54 bits per heavy atom. The van der Waals surface area contributed by atoms with Crippen LogP contribution in [-0.2, 0) is 5.41 Å². The molecule has 0 aliphatic rings. The maximum Gasteiger partial charge on any atom is 0.397 e. The normalized spacial score (nSPS) is 12.5. The van der Waals surface area contributed by atoms with Gasteiger partial charge in [0.15, 0.2) is 16.9 Å². The largest absolute Gasteiger partial charge is 0.504 e. The number of aromatic hydroxyl groups is 1.